The first-order valence-corrected chi connectivity index (χ1v) is 5.58. The molecule has 0 radical (unpaired) electrons. The molecule has 0 aromatic heterocycles. The van der Waals surface area contributed by atoms with Gasteiger partial charge in [-0.2, -0.15) is 0 Å². The summed E-state index contributed by atoms with van der Waals surface area (Å²) < 4.78 is 0.718. The average Bonchev–Trinajstić information content (AvgIpc) is 2.26. The maximum atomic E-state index is 11.6. The van der Waals surface area contributed by atoms with E-state index >= 15 is 0 Å². The van der Waals surface area contributed by atoms with Crippen molar-refractivity contribution in [3.05, 3.63) is 34.3 Å². The van der Waals surface area contributed by atoms with Crippen molar-refractivity contribution < 1.29 is 9.59 Å². The van der Waals surface area contributed by atoms with Gasteiger partial charge in [-0.05, 0) is 6.07 Å². The molecule has 1 rings (SSSR count). The van der Waals surface area contributed by atoms with Gasteiger partial charge in [0.15, 0.2) is 5.78 Å². The van der Waals surface area contributed by atoms with Crippen LogP contribution in [0.15, 0.2) is 28.7 Å². The van der Waals surface area contributed by atoms with Crippen molar-refractivity contribution in [3.8, 4) is 0 Å². The molecule has 0 unspecified atom stereocenters. The van der Waals surface area contributed by atoms with E-state index in [2.05, 4.69) is 21.2 Å². The lowest BCUT2D eigenvalue weighted by Crippen LogP contribution is -2.30. The van der Waals surface area contributed by atoms with Crippen molar-refractivity contribution in [2.24, 2.45) is 0 Å². The summed E-state index contributed by atoms with van der Waals surface area (Å²) in [5.41, 5.74) is 0.548. The number of Topliss-reactive ketones (excluding diaryl/α,β-unsaturated/α-hetero) is 1. The molecule has 0 heterocycles. The van der Waals surface area contributed by atoms with E-state index in [1.165, 1.54) is 0 Å². The lowest BCUT2D eigenvalue weighted by Gasteiger charge is -2.04. The third-order valence-corrected chi connectivity index (χ3v) is 2.68. The molecule has 1 aromatic carbocycles. The van der Waals surface area contributed by atoms with E-state index < -0.39 is 0 Å². The normalized spacial score (nSPS) is 9.73. The van der Waals surface area contributed by atoms with Gasteiger partial charge in [0, 0.05) is 10.0 Å². The van der Waals surface area contributed by atoms with Crippen LogP contribution in [0.3, 0.4) is 0 Å². The van der Waals surface area contributed by atoms with E-state index in [1.54, 1.807) is 18.2 Å². The minimum atomic E-state index is -0.350. The smallest absolute Gasteiger partial charge is 0.235 e. The first-order valence-electron chi connectivity index (χ1n) is 4.25. The molecule has 3 nitrogen and oxygen atoms in total. The lowest BCUT2D eigenvalue weighted by molar-refractivity contribution is -0.118. The third kappa shape index (κ3) is 3.64. The Morgan fingerprint density at radius 1 is 1.33 bits per heavy atom. The standard InChI is InChI=1S/C10H9BrClNO2/c11-8-4-2-1-3-7(8)9(14)6-13-10(15)5-12/h1-4H,5-6H2,(H,13,15). The van der Waals surface area contributed by atoms with Gasteiger partial charge in [-0.25, -0.2) is 0 Å². The number of carbonyl (C=O) groups excluding carboxylic acids is 2. The van der Waals surface area contributed by atoms with Crippen molar-refractivity contribution in [1.29, 1.82) is 0 Å². The summed E-state index contributed by atoms with van der Waals surface area (Å²) in [6.45, 7) is -0.0336. The molecular formula is C10H9BrClNO2. The van der Waals surface area contributed by atoms with Crippen molar-refractivity contribution in [2.45, 2.75) is 0 Å². The minimum Gasteiger partial charge on any atom is -0.348 e. The number of rotatable bonds is 4. The van der Waals surface area contributed by atoms with E-state index in [0.717, 1.165) is 4.47 Å². The Bertz CT molecular complexity index is 381. The van der Waals surface area contributed by atoms with Gasteiger partial charge in [-0.15, -0.1) is 11.6 Å². The van der Waals surface area contributed by atoms with Crippen LogP contribution in [0.25, 0.3) is 0 Å². The van der Waals surface area contributed by atoms with Crippen LogP contribution in [-0.4, -0.2) is 24.1 Å². The van der Waals surface area contributed by atoms with E-state index in [1.807, 2.05) is 6.07 Å². The van der Waals surface area contributed by atoms with Crippen LogP contribution in [0.5, 0.6) is 0 Å². The fraction of sp³-hybridized carbons (Fsp3) is 0.200. The Balaban J connectivity index is 2.62. The average molecular weight is 291 g/mol. The summed E-state index contributed by atoms with van der Waals surface area (Å²) in [5.74, 6) is -0.638. The molecule has 5 heteroatoms. The maximum Gasteiger partial charge on any atom is 0.235 e. The Morgan fingerprint density at radius 3 is 2.60 bits per heavy atom. The van der Waals surface area contributed by atoms with Gasteiger partial charge in [0.25, 0.3) is 0 Å². The molecule has 0 aliphatic rings. The molecule has 0 spiro atoms. The molecular weight excluding hydrogens is 281 g/mol. The molecule has 1 amide bonds. The highest BCUT2D eigenvalue weighted by atomic mass is 79.9. The van der Waals surface area contributed by atoms with Crippen molar-refractivity contribution in [1.82, 2.24) is 5.32 Å². The Labute approximate surface area is 101 Å². The minimum absolute atomic E-state index is 0.0336. The van der Waals surface area contributed by atoms with Crippen LogP contribution >= 0.6 is 27.5 Å². The van der Waals surface area contributed by atoms with Crippen LogP contribution in [-0.2, 0) is 4.79 Å². The lowest BCUT2D eigenvalue weighted by atomic mass is 10.1. The second kappa shape index (κ2) is 5.88. The van der Waals surface area contributed by atoms with Gasteiger partial charge in [-0.3, -0.25) is 9.59 Å². The van der Waals surface area contributed by atoms with Gasteiger partial charge in [0.05, 0.1) is 6.54 Å². The molecule has 0 saturated carbocycles. The number of halogens is 2. The zero-order valence-corrected chi connectivity index (χ0v) is 10.1. The number of hydrogen-bond acceptors (Lipinski definition) is 2. The number of benzene rings is 1. The largest absolute Gasteiger partial charge is 0.348 e. The molecule has 0 atom stereocenters. The highest BCUT2D eigenvalue weighted by molar-refractivity contribution is 9.10. The fourth-order valence-corrected chi connectivity index (χ4v) is 1.61. The van der Waals surface area contributed by atoms with Crippen LogP contribution in [0.1, 0.15) is 10.4 Å². The van der Waals surface area contributed by atoms with Gasteiger partial charge >= 0.3 is 0 Å². The van der Waals surface area contributed by atoms with Gasteiger partial charge in [0.2, 0.25) is 5.91 Å². The van der Waals surface area contributed by atoms with Crippen LogP contribution in [0, 0.1) is 0 Å². The molecule has 0 bridgehead atoms. The SMILES string of the molecule is O=C(CCl)NCC(=O)c1ccccc1Br. The Hall–Kier alpha value is -0.870. The zero-order chi connectivity index (χ0) is 11.3. The number of alkyl halides is 1. The molecule has 1 N–H and O–H groups in total. The molecule has 0 aliphatic heterocycles. The summed E-state index contributed by atoms with van der Waals surface area (Å²) in [4.78, 5) is 22.4. The highest BCUT2D eigenvalue weighted by Gasteiger charge is 2.09. The van der Waals surface area contributed by atoms with Crippen molar-refractivity contribution in [2.75, 3.05) is 12.4 Å². The van der Waals surface area contributed by atoms with Crippen molar-refractivity contribution >= 4 is 39.2 Å². The molecule has 0 fully saturated rings. The number of ketones is 1. The maximum absolute atomic E-state index is 11.6. The molecule has 0 aliphatic carbocycles. The molecule has 1 aromatic rings. The quantitative estimate of drug-likeness (QED) is 0.681. The summed E-state index contributed by atoms with van der Waals surface area (Å²) in [7, 11) is 0. The number of amides is 1. The molecule has 15 heavy (non-hydrogen) atoms. The topological polar surface area (TPSA) is 46.2 Å². The van der Waals surface area contributed by atoms with Gasteiger partial charge in [0.1, 0.15) is 5.88 Å². The first kappa shape index (κ1) is 12.2. The second-order valence-electron chi connectivity index (χ2n) is 2.81. The van der Waals surface area contributed by atoms with Gasteiger partial charge in [-0.1, -0.05) is 34.1 Å². The molecule has 0 saturated heterocycles. The summed E-state index contributed by atoms with van der Waals surface area (Å²) >= 11 is 8.54. The Kier molecular flexibility index (Phi) is 4.78. The predicted octanol–water partition coefficient (Wildman–Crippen LogP) is 1.99. The van der Waals surface area contributed by atoms with Crippen LogP contribution in [0.2, 0.25) is 0 Å². The zero-order valence-electron chi connectivity index (χ0n) is 7.80. The van der Waals surface area contributed by atoms with Crippen LogP contribution in [0.4, 0.5) is 0 Å². The summed E-state index contributed by atoms with van der Waals surface area (Å²) in [6, 6.07) is 7.05. The number of carbonyl (C=O) groups is 2. The number of nitrogens with one attached hydrogen (secondary N) is 1. The summed E-state index contributed by atoms with van der Waals surface area (Å²) in [6.07, 6.45) is 0. The fourth-order valence-electron chi connectivity index (χ4n) is 1.01. The molecule has 80 valence electrons. The van der Waals surface area contributed by atoms with E-state index in [4.69, 9.17) is 11.6 Å². The van der Waals surface area contributed by atoms with Crippen LogP contribution < -0.4 is 5.32 Å². The van der Waals surface area contributed by atoms with E-state index in [0.29, 0.717) is 5.56 Å². The third-order valence-electron chi connectivity index (χ3n) is 1.74. The van der Waals surface area contributed by atoms with E-state index in [9.17, 15) is 9.59 Å². The predicted molar refractivity (Wildman–Crippen MR) is 62.2 cm³/mol. The van der Waals surface area contributed by atoms with Crippen molar-refractivity contribution in [3.63, 3.8) is 0 Å². The van der Waals surface area contributed by atoms with E-state index in [-0.39, 0.29) is 24.1 Å². The Morgan fingerprint density at radius 2 is 2.00 bits per heavy atom. The second-order valence-corrected chi connectivity index (χ2v) is 3.93. The highest BCUT2D eigenvalue weighted by Crippen LogP contribution is 2.15. The van der Waals surface area contributed by atoms with Gasteiger partial charge < -0.3 is 5.32 Å². The first-order chi connectivity index (χ1) is 7.15. The monoisotopic (exact) mass is 289 g/mol. The number of hydrogen-bond donors (Lipinski definition) is 1. The summed E-state index contributed by atoms with van der Waals surface area (Å²) in [5, 5.41) is 2.42.